The maximum atomic E-state index is 13.9. The van der Waals surface area contributed by atoms with Crippen LogP contribution in [0.2, 0.25) is 0 Å². The van der Waals surface area contributed by atoms with Crippen LogP contribution in [0.4, 0.5) is 56.9 Å². The second-order valence-corrected chi connectivity index (χ2v) is 23.0. The van der Waals surface area contributed by atoms with Crippen LogP contribution in [0.5, 0.6) is 5.75 Å². The van der Waals surface area contributed by atoms with Gasteiger partial charge in [0.05, 0.1) is 55.5 Å². The Morgan fingerprint density at radius 2 is 1.07 bits per heavy atom. The maximum Gasteiger partial charge on any atom is 1.00 e. The molecule has 0 amide bonds. The van der Waals surface area contributed by atoms with Crippen molar-refractivity contribution in [2.24, 2.45) is 30.7 Å². The summed E-state index contributed by atoms with van der Waals surface area (Å²) in [7, 11) is -30.6. The third-order valence-electron chi connectivity index (χ3n) is 9.11. The molecule has 0 aliphatic carbocycles. The predicted molar refractivity (Wildman–Crippen MR) is 243 cm³/mol. The minimum absolute atomic E-state index is 0. The molecule has 0 aliphatic heterocycles. The minimum Gasteiger partial charge on any atom is -0.870 e. The molecule has 0 atom stereocenters. The van der Waals surface area contributed by atoms with E-state index in [9.17, 15) is 69.3 Å². The normalized spacial score (nSPS) is 12.8. The number of nitrogen functional groups attached to an aromatic ring is 3. The van der Waals surface area contributed by atoms with E-state index in [1.807, 2.05) is 0 Å². The molecule has 0 unspecified atom stereocenters. The van der Waals surface area contributed by atoms with E-state index in [1.165, 1.54) is 30.3 Å². The van der Waals surface area contributed by atoms with Gasteiger partial charge in [-0.2, -0.15) is 35.5 Å². The van der Waals surface area contributed by atoms with Crippen molar-refractivity contribution in [3.05, 3.63) is 97.1 Å². The van der Waals surface area contributed by atoms with Crippen molar-refractivity contribution in [2.45, 2.75) is 24.5 Å². The average Bonchev–Trinajstić information content (AvgIpc) is 3.24. The van der Waals surface area contributed by atoms with Crippen LogP contribution in [0, 0.1) is 0 Å². The van der Waals surface area contributed by atoms with Gasteiger partial charge in [-0.25, -0.2) is 29.4 Å². The van der Waals surface area contributed by atoms with Crippen molar-refractivity contribution in [3.8, 4) is 5.75 Å². The Hall–Kier alpha value is -5.12. The largest absolute Gasteiger partial charge is 1.00 e. The molecule has 0 aliphatic rings. The monoisotopic (exact) mass is 1130 g/mol. The quantitative estimate of drug-likeness (QED) is 0.0242. The predicted octanol–water partition coefficient (Wildman–Crippen LogP) is -1.29. The Kier molecular flexibility index (Phi) is 18.6. The van der Waals surface area contributed by atoms with Crippen molar-refractivity contribution in [1.82, 2.24) is 0 Å². The van der Waals surface area contributed by atoms with Gasteiger partial charge in [0.1, 0.15) is 37.0 Å². The second-order valence-electron chi connectivity index (χ2n) is 14.0. The molecule has 10 N–H and O–H groups in total. The van der Waals surface area contributed by atoms with Crippen molar-refractivity contribution >= 4 is 128 Å². The standard InChI is InChI=1S/C36H32N10O18S6.2Na/c37-20-1-11-27(26(38)17-20)42-40-21-2-4-23(5-3-21)46-66(50,51)24-8-6-22(7-9-24)41-44-34-30(68(55,56)57)15-19-16-31(69(58,59)60)35(36(47)32(19)33(34)39)45-43-28-12-10-25(18-29(28)67(52,53)54)65(48,49)14-13-64-70(61,62)63;;/h1-12,15-18,46-47H,13-14,37-39H2,(H,52,53,54)(H,55,56,57)(H,58,59,60)(H,61,62,63);;/q;2*+1/p-2. The molecule has 370 valence electrons. The fourth-order valence-electron chi connectivity index (χ4n) is 5.91. The van der Waals surface area contributed by atoms with Gasteiger partial charge in [-0.05, 0) is 102 Å². The van der Waals surface area contributed by atoms with Gasteiger partial charge in [0, 0.05) is 16.8 Å². The first-order valence-corrected chi connectivity index (χ1v) is 27.3. The Bertz CT molecular complexity index is 3910. The fraction of sp³-hybridized carbons (Fsp3) is 0.0556. The first-order valence-electron chi connectivity index (χ1n) is 18.5. The van der Waals surface area contributed by atoms with Gasteiger partial charge < -0.3 is 26.9 Å². The summed E-state index contributed by atoms with van der Waals surface area (Å²) >= 11 is 0. The number of azo groups is 3. The third kappa shape index (κ3) is 14.6. The molecule has 0 saturated heterocycles. The van der Waals surface area contributed by atoms with Crippen LogP contribution in [-0.2, 0) is 64.8 Å². The van der Waals surface area contributed by atoms with Crippen LogP contribution in [0.3, 0.4) is 0 Å². The van der Waals surface area contributed by atoms with E-state index in [4.69, 9.17) is 21.8 Å². The van der Waals surface area contributed by atoms with Gasteiger partial charge in [0.15, 0.2) is 9.84 Å². The Morgan fingerprint density at radius 3 is 1.61 bits per heavy atom. The van der Waals surface area contributed by atoms with Crippen molar-refractivity contribution < 1.29 is 137 Å². The summed E-state index contributed by atoms with van der Waals surface area (Å²) in [5.41, 5.74) is 14.9. The molecule has 6 aromatic rings. The van der Waals surface area contributed by atoms with Crippen LogP contribution >= 0.6 is 0 Å². The zero-order chi connectivity index (χ0) is 51.8. The number of nitrogens with zero attached hydrogens (tertiary/aromatic N) is 6. The SMILES string of the molecule is Nc1ccc(N=Nc2ccc(NS(=O)(=O)c3ccc(N=Nc4c(S(=O)(=O)O)cc5cc(S(=O)(=O)O)c(N=Nc6ccc(S(=O)(=O)CCOS(=O)(=O)O)cc6S(=O)(=O)[O-])c([O-])c5c4N)cc3)cc2)c(N)c1.[Na+].[Na+]. The maximum absolute atomic E-state index is 13.9. The van der Waals surface area contributed by atoms with Gasteiger partial charge in [-0.15, -0.1) is 20.5 Å². The number of sulfonamides is 1. The van der Waals surface area contributed by atoms with Crippen molar-refractivity contribution in [2.75, 3.05) is 34.3 Å². The zero-order valence-corrected chi connectivity index (χ0v) is 45.4. The topological polar surface area (TPSA) is 485 Å². The van der Waals surface area contributed by atoms with Gasteiger partial charge in [0.25, 0.3) is 30.3 Å². The number of anilines is 4. The van der Waals surface area contributed by atoms with E-state index in [2.05, 4.69) is 39.6 Å². The molecule has 0 spiro atoms. The summed E-state index contributed by atoms with van der Waals surface area (Å²) < 4.78 is 195. The number of sulfone groups is 1. The smallest absolute Gasteiger partial charge is 0.870 e. The molecule has 0 aromatic heterocycles. The number of nitrogens with one attached hydrogen (secondary N) is 1. The molecule has 36 heteroatoms. The first kappa shape index (κ1) is 59.4. The summed E-state index contributed by atoms with van der Waals surface area (Å²) in [5, 5.41) is 35.0. The molecule has 0 fully saturated rings. The van der Waals surface area contributed by atoms with Crippen LogP contribution in [-0.4, -0.2) is 81.1 Å². The van der Waals surface area contributed by atoms with Gasteiger partial charge in [-0.3, -0.25) is 18.4 Å². The van der Waals surface area contributed by atoms with E-state index < -0.39 is 132 Å². The summed E-state index contributed by atoms with van der Waals surface area (Å²) in [5.74, 6) is -2.74. The van der Waals surface area contributed by atoms with Crippen molar-refractivity contribution in [1.29, 1.82) is 0 Å². The molecule has 28 nitrogen and oxygen atoms in total. The van der Waals surface area contributed by atoms with Gasteiger partial charge in [0.2, 0.25) is 0 Å². The number of fused-ring (bicyclic) bond motifs is 1. The van der Waals surface area contributed by atoms with E-state index in [0.29, 0.717) is 41.3 Å². The van der Waals surface area contributed by atoms with E-state index in [1.54, 1.807) is 12.1 Å². The van der Waals surface area contributed by atoms with Crippen LogP contribution in [0.15, 0.2) is 152 Å². The Morgan fingerprint density at radius 1 is 0.569 bits per heavy atom. The number of rotatable bonds is 17. The number of benzene rings is 6. The second kappa shape index (κ2) is 22.6. The van der Waals surface area contributed by atoms with E-state index in [0.717, 1.165) is 24.3 Å². The molecule has 0 bridgehead atoms. The number of hydrogen-bond acceptors (Lipinski definition) is 24. The van der Waals surface area contributed by atoms with E-state index >= 15 is 0 Å². The molecule has 0 saturated carbocycles. The molecular weight excluding hydrogens is 1100 g/mol. The summed E-state index contributed by atoms with van der Waals surface area (Å²) in [6.07, 6.45) is 0. The van der Waals surface area contributed by atoms with Gasteiger partial charge in [-0.1, -0.05) is 5.75 Å². The fourth-order valence-corrected chi connectivity index (χ4v) is 10.5. The van der Waals surface area contributed by atoms with Crippen LogP contribution in [0.1, 0.15) is 0 Å². The first-order chi connectivity index (χ1) is 32.3. The summed E-state index contributed by atoms with van der Waals surface area (Å²) in [6.45, 7) is -1.15. The molecule has 6 rings (SSSR count). The Labute approximate surface area is 453 Å². The molecule has 72 heavy (non-hydrogen) atoms. The Balaban J connectivity index is 0.00000562. The third-order valence-corrected chi connectivity index (χ3v) is 15.2. The molecule has 6 aromatic carbocycles. The van der Waals surface area contributed by atoms with Crippen LogP contribution < -0.4 is 86.1 Å². The average molecular weight is 1130 g/mol. The zero-order valence-electron chi connectivity index (χ0n) is 36.5. The van der Waals surface area contributed by atoms with E-state index in [-0.39, 0.29) is 87.1 Å². The number of nitrogens with two attached hydrogens (primary N) is 3. The molecular formula is C36H30N10Na2O18S6. The molecule has 0 radical (unpaired) electrons. The minimum atomic E-state index is -5.69. The van der Waals surface area contributed by atoms with Crippen LogP contribution in [0.25, 0.3) is 10.8 Å². The number of hydrogen-bond donors (Lipinski definition) is 7. The van der Waals surface area contributed by atoms with Gasteiger partial charge >= 0.3 is 69.5 Å². The summed E-state index contributed by atoms with van der Waals surface area (Å²) in [4.78, 5) is -5.21. The summed E-state index contributed by atoms with van der Waals surface area (Å²) in [6, 6.07) is 17.2. The van der Waals surface area contributed by atoms with Crippen molar-refractivity contribution in [3.63, 3.8) is 0 Å². The molecule has 0 heterocycles.